The molecule has 0 bridgehead atoms. The Morgan fingerprint density at radius 2 is 2.26 bits per heavy atom. The van der Waals surface area contributed by atoms with Crippen molar-refractivity contribution in [2.24, 2.45) is 0 Å². The molecule has 1 atom stereocenters. The normalized spacial score (nSPS) is 27.7. The third-order valence-corrected chi connectivity index (χ3v) is 4.77. The molecular weight excluding hydrogens is 240 g/mol. The lowest BCUT2D eigenvalue weighted by Gasteiger charge is -2.49. The molecule has 1 unspecified atom stereocenters. The topological polar surface area (TPSA) is 54.2 Å². The smallest absolute Gasteiger partial charge is 0.213 e. The molecule has 1 N–H and O–H groups in total. The van der Waals surface area contributed by atoms with Gasteiger partial charge >= 0.3 is 0 Å². The highest BCUT2D eigenvalue weighted by Crippen LogP contribution is 2.32. The first-order valence-corrected chi connectivity index (χ1v) is 7.56. The van der Waals surface area contributed by atoms with E-state index in [1.165, 1.54) is 44.9 Å². The molecule has 2 aliphatic rings. The van der Waals surface area contributed by atoms with Crippen LogP contribution in [0.2, 0.25) is 0 Å². The minimum atomic E-state index is 0.341. The van der Waals surface area contributed by atoms with Crippen molar-refractivity contribution in [2.45, 2.75) is 63.6 Å². The van der Waals surface area contributed by atoms with Crippen LogP contribution in [0.3, 0.4) is 0 Å². The average molecular weight is 264 g/mol. The first-order chi connectivity index (χ1) is 9.31. The molecule has 2 fully saturated rings. The summed E-state index contributed by atoms with van der Waals surface area (Å²) in [6, 6.07) is 0.589. The zero-order valence-corrected chi connectivity index (χ0v) is 11.8. The molecule has 0 radical (unpaired) electrons. The van der Waals surface area contributed by atoms with Crippen LogP contribution in [0.25, 0.3) is 0 Å². The van der Waals surface area contributed by atoms with Crippen LogP contribution in [0.5, 0.6) is 0 Å². The van der Waals surface area contributed by atoms with Gasteiger partial charge in [-0.3, -0.25) is 4.90 Å². The fourth-order valence-corrected chi connectivity index (χ4v) is 3.63. The molecule has 5 nitrogen and oxygen atoms in total. The Hall–Kier alpha value is -0.940. The Morgan fingerprint density at radius 1 is 1.42 bits per heavy atom. The van der Waals surface area contributed by atoms with Gasteiger partial charge in [0.1, 0.15) is 0 Å². The van der Waals surface area contributed by atoms with Gasteiger partial charge in [-0.25, -0.2) is 0 Å². The molecule has 106 valence electrons. The summed E-state index contributed by atoms with van der Waals surface area (Å²) in [5, 5.41) is 7.80. The van der Waals surface area contributed by atoms with Crippen molar-refractivity contribution in [3.8, 4) is 0 Å². The molecular formula is C14H24N4O. The average Bonchev–Trinajstić information content (AvgIpc) is 2.93. The maximum Gasteiger partial charge on any atom is 0.213 e. The number of piperazine rings is 1. The van der Waals surface area contributed by atoms with Crippen LogP contribution in [0.1, 0.15) is 51.3 Å². The predicted octanol–water partition coefficient (Wildman–Crippen LogP) is 1.96. The molecule has 1 aliphatic carbocycles. The Kier molecular flexibility index (Phi) is 3.84. The summed E-state index contributed by atoms with van der Waals surface area (Å²) in [6.45, 7) is 5.29. The molecule has 0 aromatic carbocycles. The Morgan fingerprint density at radius 3 is 2.95 bits per heavy atom. The minimum absolute atomic E-state index is 0.341. The van der Waals surface area contributed by atoms with Gasteiger partial charge in [0.25, 0.3) is 0 Å². The fourth-order valence-electron chi connectivity index (χ4n) is 3.63. The lowest BCUT2D eigenvalue weighted by molar-refractivity contribution is 0.0461. The number of hydrogen-bond donors (Lipinski definition) is 1. The van der Waals surface area contributed by atoms with E-state index in [0.717, 1.165) is 25.5 Å². The third-order valence-electron chi connectivity index (χ3n) is 4.77. The van der Waals surface area contributed by atoms with E-state index < -0.39 is 0 Å². The van der Waals surface area contributed by atoms with Crippen molar-refractivity contribution in [3.05, 3.63) is 12.2 Å². The van der Waals surface area contributed by atoms with E-state index in [1.807, 2.05) is 0 Å². The van der Waals surface area contributed by atoms with Gasteiger partial charge in [0, 0.05) is 24.7 Å². The quantitative estimate of drug-likeness (QED) is 0.904. The van der Waals surface area contributed by atoms with Gasteiger partial charge in [-0.05, 0) is 19.3 Å². The molecule has 2 heterocycles. The van der Waals surface area contributed by atoms with Crippen molar-refractivity contribution in [1.82, 2.24) is 20.4 Å². The predicted molar refractivity (Wildman–Crippen MR) is 72.6 cm³/mol. The molecule has 5 heteroatoms. The van der Waals surface area contributed by atoms with Crippen LogP contribution < -0.4 is 5.32 Å². The molecule has 1 aromatic rings. The van der Waals surface area contributed by atoms with Crippen LogP contribution in [0.4, 0.5) is 0 Å². The summed E-state index contributed by atoms with van der Waals surface area (Å²) in [5.74, 6) is 0.811. The molecule has 19 heavy (non-hydrogen) atoms. The molecule has 1 saturated carbocycles. The van der Waals surface area contributed by atoms with Gasteiger partial charge in [-0.15, -0.1) is 0 Å². The van der Waals surface area contributed by atoms with Crippen LogP contribution in [0.15, 0.2) is 10.9 Å². The van der Waals surface area contributed by atoms with Gasteiger partial charge < -0.3 is 9.84 Å². The van der Waals surface area contributed by atoms with Crippen molar-refractivity contribution in [1.29, 1.82) is 0 Å². The Bertz CT molecular complexity index is 386. The number of hydrogen-bond acceptors (Lipinski definition) is 5. The SMILES string of the molecule is CCC1CNC2(CCCCC2)CN1Cc1ncon1. The highest BCUT2D eigenvalue weighted by molar-refractivity contribution is 5.00. The number of aromatic nitrogens is 2. The van der Waals surface area contributed by atoms with Gasteiger partial charge in [-0.2, -0.15) is 4.98 Å². The van der Waals surface area contributed by atoms with Crippen LogP contribution in [-0.4, -0.2) is 39.7 Å². The first kappa shape index (κ1) is 13.1. The monoisotopic (exact) mass is 264 g/mol. The number of rotatable bonds is 3. The minimum Gasteiger partial charge on any atom is -0.343 e. The zero-order chi connectivity index (χ0) is 13.1. The van der Waals surface area contributed by atoms with Gasteiger partial charge in [0.2, 0.25) is 6.39 Å². The van der Waals surface area contributed by atoms with Gasteiger partial charge in [0.05, 0.1) is 6.54 Å². The molecule has 1 saturated heterocycles. The second-order valence-corrected chi connectivity index (χ2v) is 6.04. The van der Waals surface area contributed by atoms with E-state index in [9.17, 15) is 0 Å². The lowest BCUT2D eigenvalue weighted by atomic mass is 9.79. The van der Waals surface area contributed by atoms with Gasteiger partial charge in [0.15, 0.2) is 5.82 Å². The van der Waals surface area contributed by atoms with E-state index in [2.05, 4.69) is 27.3 Å². The summed E-state index contributed by atoms with van der Waals surface area (Å²) in [7, 11) is 0. The summed E-state index contributed by atoms with van der Waals surface area (Å²) in [4.78, 5) is 6.72. The van der Waals surface area contributed by atoms with E-state index in [0.29, 0.717) is 11.6 Å². The van der Waals surface area contributed by atoms with Crippen LogP contribution in [0, 0.1) is 0 Å². The molecule has 1 spiro atoms. The molecule has 0 amide bonds. The van der Waals surface area contributed by atoms with Crippen LogP contribution >= 0.6 is 0 Å². The zero-order valence-electron chi connectivity index (χ0n) is 11.8. The third kappa shape index (κ3) is 2.82. The highest BCUT2D eigenvalue weighted by Gasteiger charge is 2.39. The maximum atomic E-state index is 4.86. The van der Waals surface area contributed by atoms with Crippen molar-refractivity contribution in [3.63, 3.8) is 0 Å². The summed E-state index contributed by atoms with van der Waals surface area (Å²) < 4.78 is 4.86. The summed E-state index contributed by atoms with van der Waals surface area (Å²) in [5.41, 5.74) is 0.341. The maximum absolute atomic E-state index is 4.86. The van der Waals surface area contributed by atoms with E-state index in [1.54, 1.807) is 0 Å². The van der Waals surface area contributed by atoms with Gasteiger partial charge in [-0.1, -0.05) is 31.3 Å². The standard InChI is InChI=1S/C14H24N4O/c1-2-12-8-16-14(6-4-3-5-7-14)10-18(12)9-13-15-11-19-17-13/h11-12,16H,2-10H2,1H3. The van der Waals surface area contributed by atoms with Crippen molar-refractivity contribution < 1.29 is 4.52 Å². The largest absolute Gasteiger partial charge is 0.343 e. The van der Waals surface area contributed by atoms with E-state index in [4.69, 9.17) is 4.52 Å². The van der Waals surface area contributed by atoms with Crippen LogP contribution in [-0.2, 0) is 6.54 Å². The lowest BCUT2D eigenvalue weighted by Crippen LogP contribution is -2.64. The molecule has 1 aliphatic heterocycles. The van der Waals surface area contributed by atoms with E-state index in [-0.39, 0.29) is 0 Å². The Balaban J connectivity index is 1.70. The van der Waals surface area contributed by atoms with Crippen molar-refractivity contribution >= 4 is 0 Å². The Labute approximate surface area is 114 Å². The van der Waals surface area contributed by atoms with E-state index >= 15 is 0 Å². The summed E-state index contributed by atoms with van der Waals surface area (Å²) in [6.07, 6.45) is 9.33. The number of nitrogens with zero attached hydrogens (tertiary/aromatic N) is 3. The second-order valence-electron chi connectivity index (χ2n) is 6.04. The fraction of sp³-hybridized carbons (Fsp3) is 0.857. The molecule has 3 rings (SSSR count). The first-order valence-electron chi connectivity index (χ1n) is 7.56. The highest BCUT2D eigenvalue weighted by atomic mass is 16.5. The number of nitrogens with one attached hydrogen (secondary N) is 1. The summed E-state index contributed by atoms with van der Waals surface area (Å²) >= 11 is 0. The van der Waals surface area contributed by atoms with Crippen molar-refractivity contribution in [2.75, 3.05) is 13.1 Å². The molecule has 1 aromatic heterocycles. The second kappa shape index (κ2) is 5.59.